The van der Waals surface area contributed by atoms with Crippen molar-refractivity contribution in [3.63, 3.8) is 0 Å². The lowest BCUT2D eigenvalue weighted by Crippen LogP contribution is -2.37. The van der Waals surface area contributed by atoms with Crippen LogP contribution in [0, 0.1) is 5.82 Å². The first-order valence-electron chi connectivity index (χ1n) is 5.32. The van der Waals surface area contributed by atoms with Crippen molar-refractivity contribution >= 4 is 17.7 Å². The lowest BCUT2D eigenvalue weighted by Gasteiger charge is -2.20. The fourth-order valence-corrected chi connectivity index (χ4v) is 2.16. The molecule has 1 N–H and O–H groups in total. The zero-order valence-corrected chi connectivity index (χ0v) is 10.7. The van der Waals surface area contributed by atoms with Crippen molar-refractivity contribution in [1.82, 2.24) is 4.90 Å². The topological polar surface area (TPSA) is 40.5 Å². The van der Waals surface area contributed by atoms with Gasteiger partial charge < -0.3 is 5.11 Å². The van der Waals surface area contributed by atoms with E-state index in [9.17, 15) is 9.18 Å². The molecule has 0 amide bonds. The lowest BCUT2D eigenvalue weighted by molar-refractivity contribution is -0.141. The second kappa shape index (κ2) is 6.61. The summed E-state index contributed by atoms with van der Waals surface area (Å²) in [5.41, 5.74) is 0. The molecule has 1 aromatic rings. The largest absolute Gasteiger partial charge is 0.480 e. The Bertz CT molecular complexity index is 369. The number of benzene rings is 1. The molecule has 0 bridgehead atoms. The molecule has 1 aromatic carbocycles. The highest BCUT2D eigenvalue weighted by Gasteiger charge is 2.15. The van der Waals surface area contributed by atoms with Crippen molar-refractivity contribution in [1.29, 1.82) is 0 Å². The number of carboxylic acid groups (broad SMARTS) is 1. The van der Waals surface area contributed by atoms with Gasteiger partial charge in [-0.25, -0.2) is 4.39 Å². The van der Waals surface area contributed by atoms with Crippen LogP contribution in [-0.2, 0) is 4.79 Å². The maximum Gasteiger partial charge on any atom is 0.320 e. The Hall–Kier alpha value is -1.07. The van der Waals surface area contributed by atoms with Crippen molar-refractivity contribution in [3.05, 3.63) is 30.1 Å². The standard InChI is InChI=1S/C12H16FNO2S/c1-9(12(15)16)14(2)7-8-17-11-5-3-10(13)4-6-11/h3-6,9H,7-8H2,1-2H3,(H,15,16). The van der Waals surface area contributed by atoms with Crippen LogP contribution in [0.4, 0.5) is 4.39 Å². The SMILES string of the molecule is CC(C(=O)O)N(C)CCSc1ccc(F)cc1. The number of hydrogen-bond acceptors (Lipinski definition) is 3. The zero-order valence-electron chi connectivity index (χ0n) is 9.89. The van der Waals surface area contributed by atoms with E-state index in [1.54, 1.807) is 42.8 Å². The minimum Gasteiger partial charge on any atom is -0.480 e. The minimum atomic E-state index is -0.820. The van der Waals surface area contributed by atoms with Gasteiger partial charge >= 0.3 is 5.97 Å². The van der Waals surface area contributed by atoms with Crippen molar-refractivity contribution < 1.29 is 14.3 Å². The van der Waals surface area contributed by atoms with E-state index < -0.39 is 12.0 Å². The molecule has 3 nitrogen and oxygen atoms in total. The first-order valence-corrected chi connectivity index (χ1v) is 6.30. The number of aliphatic carboxylic acids is 1. The van der Waals surface area contributed by atoms with Crippen LogP contribution < -0.4 is 0 Å². The zero-order chi connectivity index (χ0) is 12.8. The summed E-state index contributed by atoms with van der Waals surface area (Å²) in [6.07, 6.45) is 0. The summed E-state index contributed by atoms with van der Waals surface area (Å²) >= 11 is 1.59. The van der Waals surface area contributed by atoms with Crippen molar-refractivity contribution in [2.24, 2.45) is 0 Å². The highest BCUT2D eigenvalue weighted by Crippen LogP contribution is 2.18. The quantitative estimate of drug-likeness (QED) is 0.794. The Morgan fingerprint density at radius 3 is 2.59 bits per heavy atom. The smallest absolute Gasteiger partial charge is 0.320 e. The number of carbonyl (C=O) groups is 1. The summed E-state index contributed by atoms with van der Waals surface area (Å²) in [4.78, 5) is 13.5. The average Bonchev–Trinajstić information content (AvgIpc) is 2.30. The number of rotatable bonds is 6. The molecule has 0 saturated heterocycles. The van der Waals surface area contributed by atoms with Gasteiger partial charge in [-0.15, -0.1) is 11.8 Å². The molecule has 0 fully saturated rings. The van der Waals surface area contributed by atoms with Gasteiger partial charge in [0.1, 0.15) is 11.9 Å². The van der Waals surface area contributed by atoms with E-state index in [1.165, 1.54) is 12.1 Å². The Kier molecular flexibility index (Phi) is 5.44. The predicted molar refractivity (Wildman–Crippen MR) is 66.9 cm³/mol. The summed E-state index contributed by atoms with van der Waals surface area (Å²) in [5.74, 6) is -0.287. The van der Waals surface area contributed by atoms with Gasteiger partial charge in [-0.3, -0.25) is 9.69 Å². The van der Waals surface area contributed by atoms with E-state index in [0.29, 0.717) is 6.54 Å². The van der Waals surface area contributed by atoms with Gasteiger partial charge in [-0.2, -0.15) is 0 Å². The van der Waals surface area contributed by atoms with Gasteiger partial charge in [0.05, 0.1) is 0 Å². The Morgan fingerprint density at radius 2 is 2.06 bits per heavy atom. The van der Waals surface area contributed by atoms with Crippen LogP contribution in [0.25, 0.3) is 0 Å². The van der Waals surface area contributed by atoms with Gasteiger partial charge in [-0.05, 0) is 38.2 Å². The number of hydrogen-bond donors (Lipinski definition) is 1. The van der Waals surface area contributed by atoms with Gasteiger partial charge in [-0.1, -0.05) is 0 Å². The normalized spacial score (nSPS) is 12.7. The number of nitrogens with zero attached hydrogens (tertiary/aromatic N) is 1. The maximum absolute atomic E-state index is 12.6. The molecule has 17 heavy (non-hydrogen) atoms. The van der Waals surface area contributed by atoms with Crippen molar-refractivity contribution in [2.45, 2.75) is 17.9 Å². The van der Waals surface area contributed by atoms with E-state index in [4.69, 9.17) is 5.11 Å². The second-order valence-corrected chi connectivity index (χ2v) is 4.97. The minimum absolute atomic E-state index is 0.244. The second-order valence-electron chi connectivity index (χ2n) is 3.80. The monoisotopic (exact) mass is 257 g/mol. The van der Waals surface area contributed by atoms with Crippen LogP contribution >= 0.6 is 11.8 Å². The Labute approximate surface area is 105 Å². The highest BCUT2D eigenvalue weighted by molar-refractivity contribution is 7.99. The Balaban J connectivity index is 2.32. The third-order valence-corrected chi connectivity index (χ3v) is 3.54. The van der Waals surface area contributed by atoms with Gasteiger partial charge in [0.2, 0.25) is 0 Å². The molecular formula is C12H16FNO2S. The first-order chi connectivity index (χ1) is 8.00. The van der Waals surface area contributed by atoms with Crippen LogP contribution in [0.5, 0.6) is 0 Å². The molecule has 0 radical (unpaired) electrons. The number of carboxylic acids is 1. The van der Waals surface area contributed by atoms with Crippen LogP contribution in [0.2, 0.25) is 0 Å². The van der Waals surface area contributed by atoms with E-state index in [1.807, 2.05) is 0 Å². The predicted octanol–water partition coefficient (Wildman–Crippen LogP) is 2.32. The fraction of sp³-hybridized carbons (Fsp3) is 0.417. The van der Waals surface area contributed by atoms with Gasteiger partial charge in [0, 0.05) is 17.2 Å². The lowest BCUT2D eigenvalue weighted by atomic mass is 10.3. The third-order valence-electron chi connectivity index (χ3n) is 2.54. The number of halogens is 1. The average molecular weight is 257 g/mol. The van der Waals surface area contributed by atoms with Crippen LogP contribution in [0.15, 0.2) is 29.2 Å². The summed E-state index contributed by atoms with van der Waals surface area (Å²) in [7, 11) is 1.78. The summed E-state index contributed by atoms with van der Waals surface area (Å²) in [6.45, 7) is 2.33. The third kappa shape index (κ3) is 4.75. The molecule has 94 valence electrons. The van der Waals surface area contributed by atoms with Gasteiger partial charge in [0.25, 0.3) is 0 Å². The van der Waals surface area contributed by atoms with E-state index in [0.717, 1.165) is 10.6 Å². The molecule has 1 rings (SSSR count). The van der Waals surface area contributed by atoms with Crippen LogP contribution in [0.1, 0.15) is 6.92 Å². The fourth-order valence-electron chi connectivity index (χ4n) is 1.22. The molecule has 0 aliphatic heterocycles. The van der Waals surface area contributed by atoms with Crippen molar-refractivity contribution in [3.8, 4) is 0 Å². The van der Waals surface area contributed by atoms with E-state index in [2.05, 4.69) is 0 Å². The van der Waals surface area contributed by atoms with Crippen LogP contribution in [0.3, 0.4) is 0 Å². The molecule has 0 aromatic heterocycles. The maximum atomic E-state index is 12.6. The summed E-state index contributed by atoms with van der Waals surface area (Å²) in [5, 5.41) is 8.81. The first kappa shape index (κ1) is 14.0. The molecule has 5 heteroatoms. The summed E-state index contributed by atoms with van der Waals surface area (Å²) < 4.78 is 12.6. The number of likely N-dealkylation sites (N-methyl/N-ethyl adjacent to an activating group) is 1. The van der Waals surface area contributed by atoms with Crippen molar-refractivity contribution in [2.75, 3.05) is 19.3 Å². The molecule has 0 aliphatic carbocycles. The Morgan fingerprint density at radius 1 is 1.47 bits per heavy atom. The molecule has 0 aliphatic rings. The van der Waals surface area contributed by atoms with Gasteiger partial charge in [0.15, 0.2) is 0 Å². The summed E-state index contributed by atoms with van der Waals surface area (Å²) in [6, 6.07) is 5.81. The molecule has 0 spiro atoms. The molecular weight excluding hydrogens is 241 g/mol. The molecule has 0 heterocycles. The highest BCUT2D eigenvalue weighted by atomic mass is 32.2. The molecule has 1 unspecified atom stereocenters. The number of thioether (sulfide) groups is 1. The van der Waals surface area contributed by atoms with E-state index in [-0.39, 0.29) is 5.82 Å². The molecule has 1 atom stereocenters. The van der Waals surface area contributed by atoms with Crippen LogP contribution in [-0.4, -0.2) is 41.4 Å². The van der Waals surface area contributed by atoms with E-state index >= 15 is 0 Å². The molecule has 0 saturated carbocycles.